The van der Waals surface area contributed by atoms with E-state index in [9.17, 15) is 10.2 Å². The summed E-state index contributed by atoms with van der Waals surface area (Å²) in [6, 6.07) is 6.49. The molecule has 1 aromatic carbocycles. The molecule has 3 heteroatoms. The highest BCUT2D eigenvalue weighted by molar-refractivity contribution is 5.35. The van der Waals surface area contributed by atoms with E-state index in [1.54, 1.807) is 18.2 Å². The highest BCUT2D eigenvalue weighted by atomic mass is 16.3. The van der Waals surface area contributed by atoms with Crippen LogP contribution >= 0.6 is 0 Å². The third-order valence-corrected chi connectivity index (χ3v) is 3.55. The SMILES string of the molecule is N[C@@H](c1ccccc1O)[C@H](O)C1CCCC1. The van der Waals surface area contributed by atoms with E-state index in [0.29, 0.717) is 5.56 Å². The first kappa shape index (κ1) is 11.4. The lowest BCUT2D eigenvalue weighted by molar-refractivity contribution is 0.0836. The Morgan fingerprint density at radius 3 is 2.44 bits per heavy atom. The molecule has 4 N–H and O–H groups in total. The number of rotatable bonds is 3. The summed E-state index contributed by atoms with van der Waals surface area (Å²) in [7, 11) is 0. The van der Waals surface area contributed by atoms with Crippen molar-refractivity contribution in [2.75, 3.05) is 0 Å². The van der Waals surface area contributed by atoms with Crippen LogP contribution in [0.4, 0.5) is 0 Å². The molecule has 16 heavy (non-hydrogen) atoms. The lowest BCUT2D eigenvalue weighted by atomic mass is 9.90. The molecule has 0 saturated heterocycles. The average molecular weight is 221 g/mol. The molecule has 1 saturated carbocycles. The first-order chi connectivity index (χ1) is 7.70. The van der Waals surface area contributed by atoms with Crippen molar-refractivity contribution < 1.29 is 10.2 Å². The minimum atomic E-state index is -0.546. The van der Waals surface area contributed by atoms with Gasteiger partial charge in [0.2, 0.25) is 0 Å². The van der Waals surface area contributed by atoms with Crippen molar-refractivity contribution in [1.29, 1.82) is 0 Å². The van der Waals surface area contributed by atoms with E-state index in [1.807, 2.05) is 6.07 Å². The standard InChI is InChI=1S/C13H19NO2/c14-12(10-7-3-4-8-11(10)15)13(16)9-5-1-2-6-9/h3-4,7-9,12-13,15-16H,1-2,5-6,14H2/t12-,13+/m0/s1. The summed E-state index contributed by atoms with van der Waals surface area (Å²) in [6.07, 6.45) is 3.89. The van der Waals surface area contributed by atoms with Crippen LogP contribution in [0.25, 0.3) is 0 Å². The number of hydrogen-bond acceptors (Lipinski definition) is 3. The van der Waals surface area contributed by atoms with Crippen molar-refractivity contribution in [3.63, 3.8) is 0 Å². The molecule has 3 nitrogen and oxygen atoms in total. The van der Waals surface area contributed by atoms with Crippen LogP contribution < -0.4 is 5.73 Å². The van der Waals surface area contributed by atoms with Gasteiger partial charge in [0.15, 0.2) is 0 Å². The molecule has 0 radical (unpaired) electrons. The van der Waals surface area contributed by atoms with Crippen molar-refractivity contribution in [3.05, 3.63) is 29.8 Å². The molecule has 0 aliphatic heterocycles. The van der Waals surface area contributed by atoms with Crippen molar-refractivity contribution in [2.45, 2.75) is 37.8 Å². The van der Waals surface area contributed by atoms with Crippen molar-refractivity contribution in [3.8, 4) is 5.75 Å². The number of hydrogen-bond donors (Lipinski definition) is 3. The molecule has 2 atom stereocenters. The van der Waals surface area contributed by atoms with Crippen LogP contribution in [-0.2, 0) is 0 Å². The molecular formula is C13H19NO2. The molecule has 1 aromatic rings. The number of aliphatic hydroxyl groups is 1. The molecule has 0 heterocycles. The molecule has 1 aliphatic rings. The van der Waals surface area contributed by atoms with Gasteiger partial charge in [-0.2, -0.15) is 0 Å². The van der Waals surface area contributed by atoms with Gasteiger partial charge >= 0.3 is 0 Å². The zero-order valence-corrected chi connectivity index (χ0v) is 9.34. The Balaban J connectivity index is 2.11. The second-order valence-corrected chi connectivity index (χ2v) is 4.62. The van der Waals surface area contributed by atoms with Gasteiger partial charge in [-0.25, -0.2) is 0 Å². The summed E-state index contributed by atoms with van der Waals surface area (Å²) >= 11 is 0. The maximum Gasteiger partial charge on any atom is 0.120 e. The monoisotopic (exact) mass is 221 g/mol. The molecule has 2 rings (SSSR count). The maximum absolute atomic E-state index is 10.2. The van der Waals surface area contributed by atoms with Gasteiger partial charge in [0.25, 0.3) is 0 Å². The molecular weight excluding hydrogens is 202 g/mol. The van der Waals surface area contributed by atoms with Crippen molar-refractivity contribution in [1.82, 2.24) is 0 Å². The Morgan fingerprint density at radius 1 is 1.19 bits per heavy atom. The Kier molecular flexibility index (Phi) is 3.46. The van der Waals surface area contributed by atoms with Gasteiger partial charge in [-0.3, -0.25) is 0 Å². The summed E-state index contributed by atoms with van der Waals surface area (Å²) < 4.78 is 0. The average Bonchev–Trinajstić information content (AvgIpc) is 2.81. The van der Waals surface area contributed by atoms with E-state index in [2.05, 4.69) is 0 Å². The largest absolute Gasteiger partial charge is 0.508 e. The molecule has 0 unspecified atom stereocenters. The normalized spacial score (nSPS) is 20.9. The topological polar surface area (TPSA) is 66.5 Å². The zero-order chi connectivity index (χ0) is 11.5. The van der Waals surface area contributed by atoms with Gasteiger partial charge in [-0.15, -0.1) is 0 Å². The molecule has 0 aromatic heterocycles. The minimum absolute atomic E-state index is 0.173. The Labute approximate surface area is 95.9 Å². The van der Waals surface area contributed by atoms with Crippen LogP contribution in [0.2, 0.25) is 0 Å². The number of aliphatic hydroxyl groups excluding tert-OH is 1. The molecule has 1 aliphatic carbocycles. The molecule has 0 bridgehead atoms. The van der Waals surface area contributed by atoms with Crippen LogP contribution in [0.15, 0.2) is 24.3 Å². The fraction of sp³-hybridized carbons (Fsp3) is 0.538. The Morgan fingerprint density at radius 2 is 1.81 bits per heavy atom. The van der Waals surface area contributed by atoms with Crippen LogP contribution in [0.1, 0.15) is 37.3 Å². The van der Waals surface area contributed by atoms with Gasteiger partial charge in [0, 0.05) is 5.56 Å². The number of nitrogens with two attached hydrogens (primary N) is 1. The molecule has 88 valence electrons. The fourth-order valence-corrected chi connectivity index (χ4v) is 2.55. The third kappa shape index (κ3) is 2.20. The van der Waals surface area contributed by atoms with E-state index >= 15 is 0 Å². The van der Waals surface area contributed by atoms with Crippen LogP contribution in [0.5, 0.6) is 5.75 Å². The van der Waals surface area contributed by atoms with Crippen LogP contribution in [0.3, 0.4) is 0 Å². The van der Waals surface area contributed by atoms with Crippen LogP contribution in [0, 0.1) is 5.92 Å². The lowest BCUT2D eigenvalue weighted by Gasteiger charge is -2.25. The lowest BCUT2D eigenvalue weighted by Crippen LogP contribution is -2.31. The maximum atomic E-state index is 10.2. The third-order valence-electron chi connectivity index (χ3n) is 3.55. The van der Waals surface area contributed by atoms with Crippen molar-refractivity contribution >= 4 is 0 Å². The second kappa shape index (κ2) is 4.85. The van der Waals surface area contributed by atoms with Gasteiger partial charge < -0.3 is 15.9 Å². The summed E-state index contributed by atoms with van der Waals surface area (Å²) in [5, 5.41) is 19.8. The van der Waals surface area contributed by atoms with E-state index in [4.69, 9.17) is 5.73 Å². The molecule has 0 amide bonds. The minimum Gasteiger partial charge on any atom is -0.508 e. The summed E-state index contributed by atoms with van der Waals surface area (Å²) in [6.45, 7) is 0. The zero-order valence-electron chi connectivity index (χ0n) is 9.34. The van der Waals surface area contributed by atoms with Gasteiger partial charge in [0.1, 0.15) is 5.75 Å². The molecule has 0 spiro atoms. The molecule has 1 fully saturated rings. The summed E-state index contributed by atoms with van der Waals surface area (Å²) in [5.74, 6) is 0.460. The number of phenolic OH excluding ortho intramolecular Hbond substituents is 1. The first-order valence-corrected chi connectivity index (χ1v) is 5.91. The predicted molar refractivity (Wildman–Crippen MR) is 63.0 cm³/mol. The number of phenols is 1. The van der Waals surface area contributed by atoms with E-state index in [0.717, 1.165) is 12.8 Å². The second-order valence-electron chi connectivity index (χ2n) is 4.62. The number of benzene rings is 1. The van der Waals surface area contributed by atoms with Gasteiger partial charge in [-0.05, 0) is 24.8 Å². The van der Waals surface area contributed by atoms with Gasteiger partial charge in [0.05, 0.1) is 12.1 Å². The van der Waals surface area contributed by atoms with E-state index < -0.39 is 12.1 Å². The van der Waals surface area contributed by atoms with E-state index in [1.165, 1.54) is 12.8 Å². The highest BCUT2D eigenvalue weighted by Crippen LogP contribution is 2.34. The predicted octanol–water partition coefficient (Wildman–Crippen LogP) is 1.94. The fourth-order valence-electron chi connectivity index (χ4n) is 2.55. The number of para-hydroxylation sites is 1. The van der Waals surface area contributed by atoms with Gasteiger partial charge in [-0.1, -0.05) is 31.0 Å². The highest BCUT2D eigenvalue weighted by Gasteiger charge is 2.29. The summed E-state index contributed by atoms with van der Waals surface area (Å²) in [4.78, 5) is 0. The smallest absolute Gasteiger partial charge is 0.120 e. The van der Waals surface area contributed by atoms with E-state index in [-0.39, 0.29) is 11.7 Å². The number of aromatic hydroxyl groups is 1. The quantitative estimate of drug-likeness (QED) is 0.730. The van der Waals surface area contributed by atoms with Crippen LogP contribution in [-0.4, -0.2) is 16.3 Å². The first-order valence-electron chi connectivity index (χ1n) is 5.91. The Hall–Kier alpha value is -1.06. The Bertz CT molecular complexity index is 348. The van der Waals surface area contributed by atoms with Crippen molar-refractivity contribution in [2.24, 2.45) is 11.7 Å². The summed E-state index contributed by atoms with van der Waals surface area (Å²) in [5.41, 5.74) is 6.65.